The normalized spacial score (nSPS) is 11.6. The molecular formula is C12H22N4O2S. The maximum Gasteiger partial charge on any atom is 0.313 e. The minimum Gasteiger partial charge on any atom is -0.481 e. The molecular weight excluding hydrogens is 264 g/mol. The monoisotopic (exact) mass is 286 g/mol. The Morgan fingerprint density at radius 1 is 1.42 bits per heavy atom. The number of carbonyl (C=O) groups is 1. The highest BCUT2D eigenvalue weighted by atomic mass is 32.2. The molecule has 0 saturated heterocycles. The minimum atomic E-state index is -0.848. The molecule has 0 aliphatic heterocycles. The van der Waals surface area contributed by atoms with Crippen molar-refractivity contribution in [2.45, 2.75) is 51.4 Å². The van der Waals surface area contributed by atoms with E-state index in [1.54, 1.807) is 0 Å². The van der Waals surface area contributed by atoms with Gasteiger partial charge in [0.25, 0.3) is 0 Å². The van der Waals surface area contributed by atoms with Crippen molar-refractivity contribution in [3.63, 3.8) is 0 Å². The molecule has 7 heteroatoms. The summed E-state index contributed by atoms with van der Waals surface area (Å²) in [5.41, 5.74) is -0.0192. The van der Waals surface area contributed by atoms with Crippen molar-refractivity contribution >= 4 is 23.7 Å². The van der Waals surface area contributed by atoms with E-state index in [1.807, 2.05) is 18.5 Å². The number of hydrogen-bond donors (Lipinski definition) is 1. The average molecular weight is 286 g/mol. The molecule has 1 heterocycles. The SMILES string of the molecule is CCn1c(SCC(=O)O)nnc1N(C)C(C)(C)CC. The van der Waals surface area contributed by atoms with Crippen LogP contribution in [0.5, 0.6) is 0 Å². The Labute approximate surface area is 118 Å². The van der Waals surface area contributed by atoms with Crippen LogP contribution in [0.15, 0.2) is 5.16 Å². The Balaban J connectivity index is 3.00. The average Bonchev–Trinajstić information content (AvgIpc) is 2.77. The van der Waals surface area contributed by atoms with Gasteiger partial charge < -0.3 is 10.0 Å². The second-order valence-electron chi connectivity index (χ2n) is 4.93. The van der Waals surface area contributed by atoms with Gasteiger partial charge in [0.1, 0.15) is 0 Å². The third kappa shape index (κ3) is 3.62. The lowest BCUT2D eigenvalue weighted by Crippen LogP contribution is -2.42. The summed E-state index contributed by atoms with van der Waals surface area (Å²) in [6.45, 7) is 9.14. The van der Waals surface area contributed by atoms with Crippen LogP contribution in [0.3, 0.4) is 0 Å². The molecule has 6 nitrogen and oxygen atoms in total. The zero-order valence-corrected chi connectivity index (χ0v) is 13.0. The van der Waals surface area contributed by atoms with Gasteiger partial charge in [-0.25, -0.2) is 0 Å². The molecule has 0 aromatic carbocycles. The van der Waals surface area contributed by atoms with E-state index in [4.69, 9.17) is 5.11 Å². The minimum absolute atomic E-state index is 0.000974. The summed E-state index contributed by atoms with van der Waals surface area (Å²) in [5, 5.41) is 17.7. The number of carboxylic acid groups (broad SMARTS) is 1. The van der Waals surface area contributed by atoms with Gasteiger partial charge in [-0.3, -0.25) is 9.36 Å². The Bertz CT molecular complexity index is 445. The summed E-state index contributed by atoms with van der Waals surface area (Å²) in [6, 6.07) is 0. The molecule has 0 bridgehead atoms. The number of aliphatic carboxylic acids is 1. The smallest absolute Gasteiger partial charge is 0.313 e. The fourth-order valence-electron chi connectivity index (χ4n) is 1.55. The lowest BCUT2D eigenvalue weighted by molar-refractivity contribution is -0.133. The molecule has 0 aliphatic carbocycles. The van der Waals surface area contributed by atoms with Crippen molar-refractivity contribution in [1.29, 1.82) is 0 Å². The van der Waals surface area contributed by atoms with Gasteiger partial charge in [0.15, 0.2) is 5.16 Å². The third-order valence-electron chi connectivity index (χ3n) is 3.41. The molecule has 0 saturated carbocycles. The number of anilines is 1. The molecule has 19 heavy (non-hydrogen) atoms. The summed E-state index contributed by atoms with van der Waals surface area (Å²) in [6.07, 6.45) is 0.984. The second kappa shape index (κ2) is 6.27. The third-order valence-corrected chi connectivity index (χ3v) is 4.36. The zero-order chi connectivity index (χ0) is 14.6. The molecule has 1 N–H and O–H groups in total. The van der Waals surface area contributed by atoms with Crippen molar-refractivity contribution in [3.8, 4) is 0 Å². The number of aromatic nitrogens is 3. The van der Waals surface area contributed by atoms with Crippen LogP contribution < -0.4 is 4.90 Å². The number of carboxylic acids is 1. The van der Waals surface area contributed by atoms with Gasteiger partial charge in [0.05, 0.1) is 5.75 Å². The summed E-state index contributed by atoms with van der Waals surface area (Å²) in [4.78, 5) is 12.7. The first-order chi connectivity index (χ1) is 8.83. The molecule has 1 rings (SSSR count). The Morgan fingerprint density at radius 3 is 2.53 bits per heavy atom. The molecule has 0 spiro atoms. The van der Waals surface area contributed by atoms with E-state index in [2.05, 4.69) is 35.9 Å². The Kier molecular flexibility index (Phi) is 5.22. The van der Waals surface area contributed by atoms with Gasteiger partial charge in [0.2, 0.25) is 5.95 Å². The van der Waals surface area contributed by atoms with Crippen molar-refractivity contribution in [3.05, 3.63) is 0 Å². The highest BCUT2D eigenvalue weighted by molar-refractivity contribution is 7.99. The van der Waals surface area contributed by atoms with Gasteiger partial charge >= 0.3 is 5.97 Å². The summed E-state index contributed by atoms with van der Waals surface area (Å²) >= 11 is 1.20. The zero-order valence-electron chi connectivity index (χ0n) is 12.2. The standard InChI is InChI=1S/C12H22N4O2S/c1-6-12(3,4)15(5)10-13-14-11(16(10)7-2)19-8-9(17)18/h6-8H2,1-5H3,(H,17,18). The van der Waals surface area contributed by atoms with Crippen LogP contribution in [-0.4, -0.2) is 44.2 Å². The first-order valence-electron chi connectivity index (χ1n) is 6.35. The van der Waals surface area contributed by atoms with E-state index < -0.39 is 5.97 Å². The second-order valence-corrected chi connectivity index (χ2v) is 5.88. The Hall–Kier alpha value is -1.24. The van der Waals surface area contributed by atoms with Crippen LogP contribution in [0, 0.1) is 0 Å². The summed E-state index contributed by atoms with van der Waals surface area (Å²) in [7, 11) is 1.99. The van der Waals surface area contributed by atoms with Gasteiger partial charge in [0, 0.05) is 19.1 Å². The van der Waals surface area contributed by atoms with Gasteiger partial charge in [-0.05, 0) is 27.2 Å². The van der Waals surface area contributed by atoms with Crippen LogP contribution in [0.2, 0.25) is 0 Å². The van der Waals surface area contributed by atoms with Crippen molar-refractivity contribution < 1.29 is 9.90 Å². The molecule has 1 aromatic heterocycles. The predicted molar refractivity (Wildman–Crippen MR) is 76.8 cm³/mol. The summed E-state index contributed by atoms with van der Waals surface area (Å²) in [5.74, 6) is -0.0689. The van der Waals surface area contributed by atoms with Crippen LogP contribution in [0.1, 0.15) is 34.1 Å². The van der Waals surface area contributed by atoms with Gasteiger partial charge in [-0.1, -0.05) is 18.7 Å². The highest BCUT2D eigenvalue weighted by Gasteiger charge is 2.26. The van der Waals surface area contributed by atoms with Crippen LogP contribution in [0.25, 0.3) is 0 Å². The number of nitrogens with zero attached hydrogens (tertiary/aromatic N) is 4. The quantitative estimate of drug-likeness (QED) is 0.774. The topological polar surface area (TPSA) is 71.2 Å². The van der Waals surface area contributed by atoms with Gasteiger partial charge in [-0.2, -0.15) is 0 Å². The van der Waals surface area contributed by atoms with Crippen LogP contribution >= 0.6 is 11.8 Å². The first kappa shape index (κ1) is 15.8. The van der Waals surface area contributed by atoms with Crippen molar-refractivity contribution in [2.24, 2.45) is 0 Å². The fraction of sp³-hybridized carbons (Fsp3) is 0.750. The maximum atomic E-state index is 10.6. The molecule has 1 aromatic rings. The summed E-state index contributed by atoms with van der Waals surface area (Å²) < 4.78 is 1.95. The first-order valence-corrected chi connectivity index (χ1v) is 7.33. The molecule has 0 radical (unpaired) electrons. The van der Waals surface area contributed by atoms with E-state index in [0.717, 1.165) is 12.4 Å². The predicted octanol–water partition coefficient (Wildman–Crippen LogP) is 2.10. The lowest BCUT2D eigenvalue weighted by Gasteiger charge is -2.35. The lowest BCUT2D eigenvalue weighted by atomic mass is 10.0. The number of rotatable bonds is 7. The number of thioether (sulfide) groups is 1. The van der Waals surface area contributed by atoms with Gasteiger partial charge in [-0.15, -0.1) is 10.2 Å². The molecule has 0 amide bonds. The van der Waals surface area contributed by atoms with E-state index in [1.165, 1.54) is 11.8 Å². The van der Waals surface area contributed by atoms with Crippen LogP contribution in [-0.2, 0) is 11.3 Å². The fourth-order valence-corrected chi connectivity index (χ4v) is 2.26. The number of hydrogen-bond acceptors (Lipinski definition) is 5. The molecule has 0 fully saturated rings. The van der Waals surface area contributed by atoms with Crippen molar-refractivity contribution in [2.75, 3.05) is 17.7 Å². The maximum absolute atomic E-state index is 10.6. The van der Waals surface area contributed by atoms with E-state index in [9.17, 15) is 4.79 Å². The van der Waals surface area contributed by atoms with E-state index in [-0.39, 0.29) is 11.3 Å². The largest absolute Gasteiger partial charge is 0.481 e. The van der Waals surface area contributed by atoms with E-state index in [0.29, 0.717) is 11.7 Å². The van der Waals surface area contributed by atoms with Crippen LogP contribution in [0.4, 0.5) is 5.95 Å². The molecule has 0 unspecified atom stereocenters. The molecule has 0 aliphatic rings. The Morgan fingerprint density at radius 2 is 2.05 bits per heavy atom. The molecule has 0 atom stereocenters. The van der Waals surface area contributed by atoms with E-state index >= 15 is 0 Å². The van der Waals surface area contributed by atoms with Crippen molar-refractivity contribution in [1.82, 2.24) is 14.8 Å². The molecule has 108 valence electrons. The highest BCUT2D eigenvalue weighted by Crippen LogP contribution is 2.27.